The third-order valence-corrected chi connectivity index (χ3v) is 4.95. The van der Waals surface area contributed by atoms with Crippen molar-refractivity contribution in [2.45, 2.75) is 0 Å². The normalized spacial score (nSPS) is 11.9. The van der Waals surface area contributed by atoms with E-state index in [-0.39, 0.29) is 5.69 Å². The number of nitro groups is 1. The van der Waals surface area contributed by atoms with Crippen LogP contribution in [-0.4, -0.2) is 9.91 Å². The Morgan fingerprint density at radius 3 is 2.52 bits per heavy atom. The molecule has 3 aromatic rings. The lowest BCUT2D eigenvalue weighted by atomic mass is 10.1. The zero-order valence-corrected chi connectivity index (χ0v) is 16.3. The molecule has 132 valence electrons. The van der Waals surface area contributed by atoms with E-state index in [1.54, 1.807) is 18.2 Å². The second-order valence-electron chi connectivity index (χ2n) is 5.45. The van der Waals surface area contributed by atoms with E-state index in [0.29, 0.717) is 16.3 Å². The maximum Gasteiger partial charge on any atom is 0.269 e. The van der Waals surface area contributed by atoms with E-state index in [2.05, 4.69) is 27.0 Å². The monoisotopic (exact) mass is 437 g/mol. The Labute approximate surface area is 168 Å². The summed E-state index contributed by atoms with van der Waals surface area (Å²) in [6, 6.07) is 18.1. The van der Waals surface area contributed by atoms with Crippen molar-refractivity contribution in [1.82, 2.24) is 4.98 Å². The number of hydrogen-bond donors (Lipinski definition) is 0. The lowest BCUT2D eigenvalue weighted by molar-refractivity contribution is -0.384. The highest BCUT2D eigenvalue weighted by molar-refractivity contribution is 9.12. The van der Waals surface area contributed by atoms with Crippen molar-refractivity contribution in [1.29, 1.82) is 5.26 Å². The lowest BCUT2D eigenvalue weighted by Gasteiger charge is -1.97. The van der Waals surface area contributed by atoms with Gasteiger partial charge >= 0.3 is 0 Å². The van der Waals surface area contributed by atoms with E-state index >= 15 is 0 Å². The summed E-state index contributed by atoms with van der Waals surface area (Å²) < 4.78 is 0.761. The molecule has 0 aliphatic carbocycles. The summed E-state index contributed by atoms with van der Waals surface area (Å²) in [6.07, 6.45) is 3.65. The number of allylic oxidation sites excluding steroid dienone is 3. The van der Waals surface area contributed by atoms with Gasteiger partial charge in [0, 0.05) is 27.6 Å². The summed E-state index contributed by atoms with van der Waals surface area (Å²) >= 11 is 4.83. The fraction of sp³-hybridized carbons (Fsp3) is 0. The largest absolute Gasteiger partial charge is 0.269 e. The van der Waals surface area contributed by atoms with Crippen molar-refractivity contribution in [3.8, 4) is 17.3 Å². The highest BCUT2D eigenvalue weighted by atomic mass is 79.9. The first-order valence-corrected chi connectivity index (χ1v) is 9.49. The van der Waals surface area contributed by atoms with Crippen LogP contribution in [0.2, 0.25) is 0 Å². The van der Waals surface area contributed by atoms with Crippen molar-refractivity contribution in [3.05, 3.63) is 91.2 Å². The third kappa shape index (κ3) is 4.76. The van der Waals surface area contributed by atoms with E-state index in [9.17, 15) is 15.4 Å². The molecule has 0 atom stereocenters. The van der Waals surface area contributed by atoms with Crippen molar-refractivity contribution in [2.24, 2.45) is 0 Å². The SMILES string of the molecule is N#C/C(=C\C(Br)=C\c1ccccc1)c1nc(-c2ccc([N+](=O)[O-])cc2)cs1. The number of halogens is 1. The maximum absolute atomic E-state index is 10.8. The number of nitrogens with zero attached hydrogens (tertiary/aromatic N) is 3. The van der Waals surface area contributed by atoms with Crippen molar-refractivity contribution in [2.75, 3.05) is 0 Å². The summed E-state index contributed by atoms with van der Waals surface area (Å²) in [5.41, 5.74) is 2.92. The number of benzene rings is 2. The minimum absolute atomic E-state index is 0.0294. The fourth-order valence-electron chi connectivity index (χ4n) is 2.31. The smallest absolute Gasteiger partial charge is 0.258 e. The molecule has 3 rings (SSSR count). The van der Waals surface area contributed by atoms with Crippen LogP contribution in [0.4, 0.5) is 5.69 Å². The van der Waals surface area contributed by atoms with Crippen LogP contribution in [0.1, 0.15) is 10.6 Å². The van der Waals surface area contributed by atoms with Gasteiger partial charge in [-0.2, -0.15) is 5.26 Å². The van der Waals surface area contributed by atoms with Gasteiger partial charge in [-0.1, -0.05) is 46.3 Å². The van der Waals surface area contributed by atoms with Gasteiger partial charge in [0.1, 0.15) is 11.1 Å². The molecule has 7 heteroatoms. The maximum atomic E-state index is 10.8. The van der Waals surface area contributed by atoms with Crippen molar-refractivity contribution in [3.63, 3.8) is 0 Å². The molecule has 0 unspecified atom stereocenters. The Hall–Kier alpha value is -3.08. The van der Waals surface area contributed by atoms with Crippen LogP contribution in [0.5, 0.6) is 0 Å². The number of thiazole rings is 1. The highest BCUT2D eigenvalue weighted by Crippen LogP contribution is 2.28. The predicted octanol–water partition coefficient (Wildman–Crippen LogP) is 6.06. The third-order valence-electron chi connectivity index (χ3n) is 3.62. The number of nitriles is 1. The molecule has 0 saturated heterocycles. The molecule has 2 aromatic carbocycles. The van der Waals surface area contributed by atoms with Crippen LogP contribution in [0.3, 0.4) is 0 Å². The Kier molecular flexibility index (Phi) is 5.91. The first kappa shape index (κ1) is 18.7. The molecule has 5 nitrogen and oxygen atoms in total. The van der Waals surface area contributed by atoms with Crippen LogP contribution in [0.25, 0.3) is 22.9 Å². The summed E-state index contributed by atoms with van der Waals surface area (Å²) in [7, 11) is 0. The molecule has 1 heterocycles. The molecule has 0 saturated carbocycles. The Morgan fingerprint density at radius 1 is 1.19 bits per heavy atom. The number of aromatic nitrogens is 1. The van der Waals surface area contributed by atoms with E-state index in [4.69, 9.17) is 0 Å². The molecule has 0 fully saturated rings. The number of rotatable bonds is 5. The molecule has 27 heavy (non-hydrogen) atoms. The Bertz CT molecular complexity index is 1060. The zero-order valence-electron chi connectivity index (χ0n) is 13.9. The van der Waals surface area contributed by atoms with Gasteiger partial charge in [0.25, 0.3) is 5.69 Å². The standard InChI is InChI=1S/C20H12BrN3O2S/c21-17(10-14-4-2-1-3-5-14)11-16(12-22)20-23-19(13-27-20)15-6-8-18(9-7-15)24(25)26/h1-11,13H/b16-11+,17-10-. The summed E-state index contributed by atoms with van der Waals surface area (Å²) in [5, 5.41) is 22.7. The highest BCUT2D eigenvalue weighted by Gasteiger charge is 2.11. The molecule has 0 radical (unpaired) electrons. The van der Waals surface area contributed by atoms with Gasteiger partial charge in [0.05, 0.1) is 16.2 Å². The van der Waals surface area contributed by atoms with E-state index in [1.165, 1.54) is 23.5 Å². The van der Waals surface area contributed by atoms with Crippen LogP contribution in [0.15, 0.2) is 70.5 Å². The lowest BCUT2D eigenvalue weighted by Crippen LogP contribution is -1.87. The van der Waals surface area contributed by atoms with Crippen LogP contribution in [0, 0.1) is 21.4 Å². The van der Waals surface area contributed by atoms with Crippen LogP contribution < -0.4 is 0 Å². The zero-order chi connectivity index (χ0) is 19.2. The minimum atomic E-state index is -0.441. The summed E-state index contributed by atoms with van der Waals surface area (Å²) in [4.78, 5) is 14.8. The first-order valence-electron chi connectivity index (χ1n) is 7.81. The molecule has 0 spiro atoms. The topological polar surface area (TPSA) is 79.8 Å². The van der Waals surface area contributed by atoms with Gasteiger partial charge in [-0.15, -0.1) is 11.3 Å². The average Bonchev–Trinajstić information content (AvgIpc) is 3.17. The van der Waals surface area contributed by atoms with Gasteiger partial charge in [0.2, 0.25) is 0 Å². The predicted molar refractivity (Wildman–Crippen MR) is 111 cm³/mol. The molecule has 0 aliphatic heterocycles. The Balaban J connectivity index is 1.86. The molecule has 0 N–H and O–H groups in total. The second kappa shape index (κ2) is 8.54. The molecule has 0 aliphatic rings. The van der Waals surface area contributed by atoms with Crippen molar-refractivity contribution < 1.29 is 4.92 Å². The number of hydrogen-bond acceptors (Lipinski definition) is 5. The fourth-order valence-corrected chi connectivity index (χ4v) is 3.60. The molecule has 1 aromatic heterocycles. The van der Waals surface area contributed by atoms with Gasteiger partial charge in [-0.25, -0.2) is 4.98 Å². The van der Waals surface area contributed by atoms with Crippen LogP contribution >= 0.6 is 27.3 Å². The van der Waals surface area contributed by atoms with Gasteiger partial charge in [0.15, 0.2) is 0 Å². The molecule has 0 amide bonds. The van der Waals surface area contributed by atoms with E-state index < -0.39 is 4.92 Å². The minimum Gasteiger partial charge on any atom is -0.258 e. The van der Waals surface area contributed by atoms with E-state index in [0.717, 1.165) is 15.6 Å². The molecular formula is C20H12BrN3O2S. The van der Waals surface area contributed by atoms with Gasteiger partial charge in [-0.3, -0.25) is 10.1 Å². The molecular weight excluding hydrogens is 426 g/mol. The van der Waals surface area contributed by atoms with Gasteiger partial charge in [-0.05, 0) is 29.8 Å². The van der Waals surface area contributed by atoms with E-state index in [1.807, 2.05) is 41.8 Å². The second-order valence-corrected chi connectivity index (χ2v) is 7.23. The first-order chi connectivity index (χ1) is 13.1. The average molecular weight is 438 g/mol. The summed E-state index contributed by atoms with van der Waals surface area (Å²) in [5.74, 6) is 0. The Morgan fingerprint density at radius 2 is 1.89 bits per heavy atom. The number of non-ortho nitro benzene ring substituents is 1. The summed E-state index contributed by atoms with van der Waals surface area (Å²) in [6.45, 7) is 0. The van der Waals surface area contributed by atoms with Crippen molar-refractivity contribution >= 4 is 44.6 Å². The molecule has 0 bridgehead atoms. The van der Waals surface area contributed by atoms with Crippen LogP contribution in [-0.2, 0) is 0 Å². The van der Waals surface area contributed by atoms with Gasteiger partial charge < -0.3 is 0 Å². The quantitative estimate of drug-likeness (QED) is 0.210. The number of nitro benzene ring substituents is 1.